The van der Waals surface area contributed by atoms with Crippen molar-refractivity contribution >= 4 is 17.2 Å². The molecule has 0 aromatic carbocycles. The van der Waals surface area contributed by atoms with Gasteiger partial charge in [-0.25, -0.2) is 4.98 Å². The Labute approximate surface area is 116 Å². The first kappa shape index (κ1) is 13.8. The Balaban J connectivity index is 1.48. The molecule has 1 N–H and O–H groups in total. The summed E-state index contributed by atoms with van der Waals surface area (Å²) in [5.41, 5.74) is 0. The fraction of sp³-hybridized carbons (Fsp3) is 0.385. The monoisotopic (exact) mass is 279 g/mol. The Hall–Kier alpha value is -1.66. The molecule has 0 saturated heterocycles. The maximum absolute atomic E-state index is 11.6. The zero-order valence-electron chi connectivity index (χ0n) is 10.6. The zero-order chi connectivity index (χ0) is 13.3. The minimum absolute atomic E-state index is 0.0423. The number of hydrogen-bond donors (Lipinski definition) is 1. The first-order chi connectivity index (χ1) is 9.34. The van der Waals surface area contributed by atoms with Gasteiger partial charge in [0.25, 0.3) is 0 Å². The lowest BCUT2D eigenvalue weighted by Crippen LogP contribution is -2.28. The van der Waals surface area contributed by atoms with Crippen LogP contribution in [0.3, 0.4) is 0 Å². The van der Waals surface area contributed by atoms with Crippen LogP contribution in [0.1, 0.15) is 4.88 Å². The molecule has 0 saturated carbocycles. The van der Waals surface area contributed by atoms with Crippen LogP contribution in [0.5, 0.6) is 0 Å². The summed E-state index contributed by atoms with van der Waals surface area (Å²) in [5.74, 6) is 0.0423. The van der Waals surface area contributed by atoms with Crippen molar-refractivity contribution in [3.05, 3.63) is 41.1 Å². The quantitative estimate of drug-likeness (QED) is 0.742. The number of carbonyl (C=O) groups is 1. The number of nitrogens with zero attached hydrogens (tertiary/aromatic N) is 2. The van der Waals surface area contributed by atoms with E-state index >= 15 is 0 Å². The minimum atomic E-state index is 0.0423. The molecule has 0 spiro atoms. The van der Waals surface area contributed by atoms with Gasteiger partial charge in [-0.15, -0.1) is 11.3 Å². The van der Waals surface area contributed by atoms with Crippen molar-refractivity contribution in [3.63, 3.8) is 0 Å². The predicted molar refractivity (Wildman–Crippen MR) is 74.1 cm³/mol. The van der Waals surface area contributed by atoms with Crippen LogP contribution in [-0.2, 0) is 22.5 Å². The molecule has 19 heavy (non-hydrogen) atoms. The molecule has 0 bridgehead atoms. The second-order valence-electron chi connectivity index (χ2n) is 4.02. The molecule has 5 nitrogen and oxygen atoms in total. The molecule has 0 radical (unpaired) electrons. The number of carbonyl (C=O) groups excluding carboxylic acids is 1. The van der Waals surface area contributed by atoms with Gasteiger partial charge in [-0.1, -0.05) is 6.07 Å². The Kier molecular flexibility index (Phi) is 5.58. The van der Waals surface area contributed by atoms with E-state index in [1.165, 1.54) is 0 Å². The molecular formula is C13H17N3O2S. The van der Waals surface area contributed by atoms with Crippen molar-refractivity contribution in [3.8, 4) is 0 Å². The van der Waals surface area contributed by atoms with Gasteiger partial charge in [-0.05, 0) is 11.4 Å². The van der Waals surface area contributed by atoms with Gasteiger partial charge in [-0.3, -0.25) is 4.79 Å². The predicted octanol–water partition coefficient (Wildman–Crippen LogP) is 1.32. The van der Waals surface area contributed by atoms with Gasteiger partial charge in [-0.2, -0.15) is 0 Å². The lowest BCUT2D eigenvalue weighted by Gasteiger charge is -2.06. The van der Waals surface area contributed by atoms with Crippen molar-refractivity contribution in [2.45, 2.75) is 13.0 Å². The summed E-state index contributed by atoms with van der Waals surface area (Å²) in [4.78, 5) is 16.6. The first-order valence-electron chi connectivity index (χ1n) is 6.17. The van der Waals surface area contributed by atoms with Crippen LogP contribution in [-0.4, -0.2) is 35.2 Å². The minimum Gasteiger partial charge on any atom is -0.378 e. The molecule has 6 heteroatoms. The number of thiophene rings is 1. The van der Waals surface area contributed by atoms with Crippen LogP contribution in [0, 0.1) is 0 Å². The van der Waals surface area contributed by atoms with Crippen molar-refractivity contribution < 1.29 is 9.53 Å². The van der Waals surface area contributed by atoms with Gasteiger partial charge in [0.15, 0.2) is 0 Å². The summed E-state index contributed by atoms with van der Waals surface area (Å²) in [6, 6.07) is 3.92. The van der Waals surface area contributed by atoms with Gasteiger partial charge >= 0.3 is 0 Å². The van der Waals surface area contributed by atoms with E-state index in [1.54, 1.807) is 23.9 Å². The summed E-state index contributed by atoms with van der Waals surface area (Å²) in [6.07, 6.45) is 5.84. The molecule has 0 atom stereocenters. The van der Waals surface area contributed by atoms with E-state index in [0.29, 0.717) is 26.2 Å². The highest BCUT2D eigenvalue weighted by molar-refractivity contribution is 7.10. The molecule has 0 aliphatic heterocycles. The van der Waals surface area contributed by atoms with E-state index in [1.807, 2.05) is 28.3 Å². The Morgan fingerprint density at radius 3 is 3.16 bits per heavy atom. The maximum Gasteiger partial charge on any atom is 0.225 e. The molecule has 102 valence electrons. The lowest BCUT2D eigenvalue weighted by molar-refractivity contribution is -0.120. The fourth-order valence-electron chi connectivity index (χ4n) is 1.59. The summed E-state index contributed by atoms with van der Waals surface area (Å²) < 4.78 is 7.39. The van der Waals surface area contributed by atoms with E-state index < -0.39 is 0 Å². The van der Waals surface area contributed by atoms with Crippen LogP contribution in [0.25, 0.3) is 0 Å². The molecule has 0 fully saturated rings. The first-order valence-corrected chi connectivity index (χ1v) is 7.05. The highest BCUT2D eigenvalue weighted by atomic mass is 32.1. The topological polar surface area (TPSA) is 56.1 Å². The van der Waals surface area contributed by atoms with Crippen LogP contribution in [0.2, 0.25) is 0 Å². The standard InChI is InChI=1S/C13H17N3O2S/c17-13(10-12-2-1-9-19-12)15-4-7-18-8-6-16-5-3-14-11-16/h1-3,5,9,11H,4,6-8,10H2,(H,15,17). The Morgan fingerprint density at radius 1 is 1.47 bits per heavy atom. The second kappa shape index (κ2) is 7.70. The average molecular weight is 279 g/mol. The van der Waals surface area contributed by atoms with E-state index in [9.17, 15) is 4.79 Å². The van der Waals surface area contributed by atoms with Crippen molar-refractivity contribution in [2.75, 3.05) is 19.8 Å². The molecule has 2 aromatic rings. The van der Waals surface area contributed by atoms with Crippen molar-refractivity contribution in [1.29, 1.82) is 0 Å². The van der Waals surface area contributed by atoms with E-state index in [-0.39, 0.29) is 5.91 Å². The molecule has 0 aliphatic carbocycles. The highest BCUT2D eigenvalue weighted by Crippen LogP contribution is 2.08. The number of rotatable bonds is 8. The van der Waals surface area contributed by atoms with Crippen LogP contribution < -0.4 is 5.32 Å². The number of ether oxygens (including phenoxy) is 1. The molecule has 1 amide bonds. The van der Waals surface area contributed by atoms with E-state index in [0.717, 1.165) is 11.4 Å². The Morgan fingerprint density at radius 2 is 2.42 bits per heavy atom. The smallest absolute Gasteiger partial charge is 0.225 e. The fourth-order valence-corrected chi connectivity index (χ4v) is 2.29. The third-order valence-corrected chi connectivity index (χ3v) is 3.41. The van der Waals surface area contributed by atoms with Crippen molar-refractivity contribution in [1.82, 2.24) is 14.9 Å². The second-order valence-corrected chi connectivity index (χ2v) is 5.05. The summed E-state index contributed by atoms with van der Waals surface area (Å²) >= 11 is 1.60. The number of imidazole rings is 1. The zero-order valence-corrected chi connectivity index (χ0v) is 11.4. The SMILES string of the molecule is O=C(Cc1cccs1)NCCOCCn1ccnc1. The normalized spacial score (nSPS) is 10.5. The third-order valence-electron chi connectivity index (χ3n) is 2.54. The highest BCUT2D eigenvalue weighted by Gasteiger charge is 2.02. The molecule has 2 rings (SSSR count). The van der Waals surface area contributed by atoms with Crippen molar-refractivity contribution in [2.24, 2.45) is 0 Å². The van der Waals surface area contributed by atoms with Crippen LogP contribution in [0.4, 0.5) is 0 Å². The van der Waals surface area contributed by atoms with E-state index in [4.69, 9.17) is 4.74 Å². The van der Waals surface area contributed by atoms with Gasteiger partial charge in [0.2, 0.25) is 5.91 Å². The Bertz CT molecular complexity index is 468. The number of nitrogens with one attached hydrogen (secondary N) is 1. The van der Waals surface area contributed by atoms with E-state index in [2.05, 4.69) is 10.3 Å². The third kappa shape index (κ3) is 5.23. The van der Waals surface area contributed by atoms with Crippen LogP contribution in [0.15, 0.2) is 36.2 Å². The summed E-state index contributed by atoms with van der Waals surface area (Å²) in [5, 5.41) is 4.81. The molecule has 0 unspecified atom stereocenters. The molecule has 0 aliphatic rings. The maximum atomic E-state index is 11.6. The number of amides is 1. The van der Waals surface area contributed by atoms with Crippen LogP contribution >= 0.6 is 11.3 Å². The molecule has 2 heterocycles. The molecule has 2 aromatic heterocycles. The van der Waals surface area contributed by atoms with Gasteiger partial charge in [0.1, 0.15) is 0 Å². The summed E-state index contributed by atoms with van der Waals surface area (Å²) in [6.45, 7) is 2.49. The molecular weight excluding hydrogens is 262 g/mol. The number of aromatic nitrogens is 2. The van der Waals surface area contributed by atoms with Gasteiger partial charge in [0.05, 0.1) is 26.0 Å². The largest absolute Gasteiger partial charge is 0.378 e. The van der Waals surface area contributed by atoms with Gasteiger partial charge in [0, 0.05) is 30.4 Å². The van der Waals surface area contributed by atoms with Gasteiger partial charge < -0.3 is 14.6 Å². The summed E-state index contributed by atoms with van der Waals surface area (Å²) in [7, 11) is 0. The average Bonchev–Trinajstić information content (AvgIpc) is 3.06. The number of hydrogen-bond acceptors (Lipinski definition) is 4. The lowest BCUT2D eigenvalue weighted by atomic mass is 10.3.